The van der Waals surface area contributed by atoms with Crippen LogP contribution in [-0.4, -0.2) is 26.6 Å². The van der Waals surface area contributed by atoms with Crippen molar-refractivity contribution < 1.29 is 4.74 Å². The van der Waals surface area contributed by atoms with Crippen LogP contribution >= 0.6 is 0 Å². The number of hydrogen-bond donors (Lipinski definition) is 0. The molecule has 4 unspecified atom stereocenters. The van der Waals surface area contributed by atoms with Gasteiger partial charge < -0.3 is 4.74 Å². The Morgan fingerprint density at radius 2 is 1.03 bits per heavy atom. The molecule has 4 atom stereocenters. The zero-order valence-electron chi connectivity index (χ0n) is 35.5. The molecule has 0 saturated heterocycles. The normalized spacial score (nSPS) is 19.5. The summed E-state index contributed by atoms with van der Waals surface area (Å²) in [6, 6.07) is 69.7. The van der Waals surface area contributed by atoms with E-state index in [4.69, 9.17) is 19.7 Å². The molecule has 304 valence electrons. The largest absolute Gasteiger partial charge is 0.488 e. The van der Waals surface area contributed by atoms with E-state index >= 15 is 0 Å². The number of aryl methyl sites for hydroxylation is 1. The zero-order chi connectivity index (χ0) is 42.5. The van der Waals surface area contributed by atoms with Crippen molar-refractivity contribution in [3.8, 4) is 39.7 Å². The lowest BCUT2D eigenvalue weighted by Crippen LogP contribution is -2.52. The summed E-state index contributed by atoms with van der Waals surface area (Å²) in [5.41, 5.74) is 10.6. The number of para-hydroxylation sites is 1. The molecule has 5 heteroatoms. The third kappa shape index (κ3) is 5.47. The first-order chi connectivity index (χ1) is 31.5. The summed E-state index contributed by atoms with van der Waals surface area (Å²) < 4.78 is 7.16. The fraction of sp³-hybridized carbons (Fsp3) is 0.102. The van der Waals surface area contributed by atoms with Crippen molar-refractivity contribution in [3.63, 3.8) is 0 Å². The standard InChI is InChI=1S/C59H42N4O/c1-36-28-30-47-50-35-51(41-21-15-20-39(33-41)40-29-31-46-44-24-10-9-22-42(44)43-23-11-12-25-45(43)49(46)34-40)59(2)54(55(50)64-53(47)32-36)48-26-13-14-27-52(48)63(59)58-61-56(37-16-5-3-6-17-37)60-57(62-58)38-18-7-4-8-19-38/h3-35,50,54-55H,1-2H3. The lowest BCUT2D eigenvalue weighted by atomic mass is 9.64. The average Bonchev–Trinajstić information content (AvgIpc) is 3.85. The number of fused-ring (bicyclic) bond motifs is 13. The van der Waals surface area contributed by atoms with E-state index in [0.717, 1.165) is 28.1 Å². The van der Waals surface area contributed by atoms with Gasteiger partial charge in [-0.1, -0.05) is 176 Å². The Kier molecular flexibility index (Phi) is 8.07. The number of ether oxygens (including phenoxy) is 1. The zero-order valence-corrected chi connectivity index (χ0v) is 35.5. The maximum Gasteiger partial charge on any atom is 0.234 e. The molecule has 13 rings (SSSR count). The number of anilines is 2. The van der Waals surface area contributed by atoms with Crippen LogP contribution in [0.4, 0.5) is 11.6 Å². The number of benzene rings is 9. The van der Waals surface area contributed by atoms with Crippen LogP contribution in [0.5, 0.6) is 5.75 Å². The van der Waals surface area contributed by atoms with Crippen molar-refractivity contribution in [2.24, 2.45) is 0 Å². The fourth-order valence-corrected chi connectivity index (χ4v) is 11.2. The van der Waals surface area contributed by atoms with Crippen LogP contribution in [0.3, 0.4) is 0 Å². The van der Waals surface area contributed by atoms with Crippen molar-refractivity contribution in [2.45, 2.75) is 37.3 Å². The molecule has 1 aromatic heterocycles. The number of rotatable bonds is 5. The molecule has 0 spiro atoms. The summed E-state index contributed by atoms with van der Waals surface area (Å²) >= 11 is 0. The Morgan fingerprint density at radius 3 is 1.72 bits per heavy atom. The molecule has 5 nitrogen and oxygen atoms in total. The number of nitrogens with zero attached hydrogens (tertiary/aromatic N) is 4. The van der Waals surface area contributed by atoms with E-state index in [0.29, 0.717) is 17.6 Å². The molecule has 0 fully saturated rings. The van der Waals surface area contributed by atoms with E-state index in [1.54, 1.807) is 0 Å². The van der Waals surface area contributed by atoms with Crippen LogP contribution in [0, 0.1) is 6.92 Å². The smallest absolute Gasteiger partial charge is 0.234 e. The third-order valence-electron chi connectivity index (χ3n) is 14.1. The Morgan fingerprint density at radius 1 is 0.469 bits per heavy atom. The molecule has 3 aliphatic rings. The van der Waals surface area contributed by atoms with E-state index in [9.17, 15) is 0 Å². The Balaban J connectivity index is 1.04. The highest BCUT2D eigenvalue weighted by Crippen LogP contribution is 2.64. The van der Waals surface area contributed by atoms with Gasteiger partial charge in [0.25, 0.3) is 0 Å². The van der Waals surface area contributed by atoms with Crippen LogP contribution in [0.2, 0.25) is 0 Å². The summed E-state index contributed by atoms with van der Waals surface area (Å²) in [6.45, 7) is 4.52. The van der Waals surface area contributed by atoms with Gasteiger partial charge in [-0.3, -0.25) is 4.90 Å². The van der Waals surface area contributed by atoms with E-state index in [1.165, 1.54) is 65.7 Å². The lowest BCUT2D eigenvalue weighted by molar-refractivity contribution is 0.158. The second kappa shape index (κ2) is 14.1. The summed E-state index contributed by atoms with van der Waals surface area (Å²) in [5.74, 6) is 2.80. The minimum absolute atomic E-state index is 0.0405. The molecule has 0 saturated carbocycles. The van der Waals surface area contributed by atoms with E-state index in [2.05, 4.69) is 183 Å². The van der Waals surface area contributed by atoms with Crippen molar-refractivity contribution >= 4 is 49.5 Å². The summed E-state index contributed by atoms with van der Waals surface area (Å²) in [7, 11) is 0. The van der Waals surface area contributed by atoms with Gasteiger partial charge in [0.1, 0.15) is 11.9 Å². The SMILES string of the molecule is Cc1ccc2c(c1)OC1C2C=C(c2cccc(-c3ccc4c5ccccc5c5ccccc5c4c3)c2)C2(C)C1c1ccccc1N2c1nc(-c2ccccc2)nc(-c2ccccc2)n1. The molecule has 3 heterocycles. The molecule has 10 aromatic rings. The van der Waals surface area contributed by atoms with E-state index < -0.39 is 5.54 Å². The molecule has 64 heavy (non-hydrogen) atoms. The highest BCUT2D eigenvalue weighted by atomic mass is 16.5. The van der Waals surface area contributed by atoms with Gasteiger partial charge >= 0.3 is 0 Å². The molecule has 9 aromatic carbocycles. The first-order valence-corrected chi connectivity index (χ1v) is 22.2. The van der Waals surface area contributed by atoms with Gasteiger partial charge in [-0.05, 0) is 104 Å². The Hall–Kier alpha value is -7.89. The molecular weight excluding hydrogens is 781 g/mol. The van der Waals surface area contributed by atoms with Crippen molar-refractivity contribution in [3.05, 3.63) is 222 Å². The Bertz CT molecular complexity index is 3450. The summed E-state index contributed by atoms with van der Waals surface area (Å²) in [4.78, 5) is 18.3. The maximum absolute atomic E-state index is 7.16. The number of hydrogen-bond acceptors (Lipinski definition) is 5. The first-order valence-electron chi connectivity index (χ1n) is 22.2. The Labute approximate surface area is 372 Å². The summed E-state index contributed by atoms with van der Waals surface area (Å²) in [6.07, 6.45) is 2.35. The van der Waals surface area contributed by atoms with Crippen LogP contribution in [-0.2, 0) is 0 Å². The van der Waals surface area contributed by atoms with E-state index in [1.807, 2.05) is 36.4 Å². The molecule has 0 N–H and O–H groups in total. The van der Waals surface area contributed by atoms with Gasteiger partial charge in [0.15, 0.2) is 11.6 Å². The topological polar surface area (TPSA) is 51.1 Å². The highest BCUT2D eigenvalue weighted by molar-refractivity contribution is 6.25. The second-order valence-corrected chi connectivity index (χ2v) is 17.7. The fourth-order valence-electron chi connectivity index (χ4n) is 11.2. The van der Waals surface area contributed by atoms with Gasteiger partial charge in [-0.25, -0.2) is 4.98 Å². The maximum atomic E-state index is 7.16. The monoisotopic (exact) mass is 822 g/mol. The van der Waals surface area contributed by atoms with Crippen molar-refractivity contribution in [1.82, 2.24) is 15.0 Å². The predicted molar refractivity (Wildman–Crippen MR) is 261 cm³/mol. The molecule has 1 aliphatic carbocycles. The second-order valence-electron chi connectivity index (χ2n) is 17.7. The lowest BCUT2D eigenvalue weighted by Gasteiger charge is -2.47. The van der Waals surface area contributed by atoms with Crippen LogP contribution in [0.1, 0.15) is 41.0 Å². The first kappa shape index (κ1) is 36.7. The van der Waals surface area contributed by atoms with Crippen molar-refractivity contribution in [2.75, 3.05) is 4.90 Å². The highest BCUT2D eigenvalue weighted by Gasteiger charge is 2.61. The number of aromatic nitrogens is 3. The quantitative estimate of drug-likeness (QED) is 0.162. The van der Waals surface area contributed by atoms with Gasteiger partial charge in [0, 0.05) is 28.3 Å². The predicted octanol–water partition coefficient (Wildman–Crippen LogP) is 14.3. The minimum atomic E-state index is -0.678. The van der Waals surface area contributed by atoms with Gasteiger partial charge in [0.2, 0.25) is 5.95 Å². The molecule has 0 amide bonds. The summed E-state index contributed by atoms with van der Waals surface area (Å²) in [5, 5.41) is 7.62. The van der Waals surface area contributed by atoms with E-state index in [-0.39, 0.29) is 17.9 Å². The molecule has 2 aliphatic heterocycles. The molecule has 0 bridgehead atoms. The van der Waals surface area contributed by atoms with Gasteiger partial charge in [0.05, 0.1) is 11.5 Å². The molecular formula is C59H42N4O. The van der Waals surface area contributed by atoms with Gasteiger partial charge in [-0.15, -0.1) is 0 Å². The van der Waals surface area contributed by atoms with Gasteiger partial charge in [-0.2, -0.15) is 9.97 Å². The molecule has 0 radical (unpaired) electrons. The minimum Gasteiger partial charge on any atom is -0.488 e. The van der Waals surface area contributed by atoms with Crippen molar-refractivity contribution in [1.29, 1.82) is 0 Å². The third-order valence-corrected chi connectivity index (χ3v) is 14.1. The van der Waals surface area contributed by atoms with Crippen LogP contribution < -0.4 is 9.64 Å². The van der Waals surface area contributed by atoms with Crippen LogP contribution in [0.25, 0.3) is 71.8 Å². The van der Waals surface area contributed by atoms with Crippen LogP contribution in [0.15, 0.2) is 200 Å². The average molecular weight is 823 g/mol.